The minimum atomic E-state index is 0.464. The van der Waals surface area contributed by atoms with Crippen molar-refractivity contribution < 1.29 is 0 Å². The third-order valence-corrected chi connectivity index (χ3v) is 3.56. The SMILES string of the molecule is CSCCC(C)n1ccnc1Nc1ccccc1. The molecule has 1 aromatic heterocycles. The second kappa shape index (κ2) is 6.50. The average molecular weight is 261 g/mol. The Kier molecular flexibility index (Phi) is 4.70. The Bertz CT molecular complexity index is 467. The predicted octanol–water partition coefficient (Wildman–Crippen LogP) is 3.94. The van der Waals surface area contributed by atoms with Crippen molar-refractivity contribution in [3.63, 3.8) is 0 Å². The van der Waals surface area contributed by atoms with Crippen LogP contribution in [0.5, 0.6) is 0 Å². The molecule has 0 saturated carbocycles. The number of para-hydroxylation sites is 1. The molecule has 2 rings (SSSR count). The molecule has 0 bridgehead atoms. The van der Waals surface area contributed by atoms with Crippen LogP contribution in [-0.4, -0.2) is 21.6 Å². The number of benzene rings is 1. The van der Waals surface area contributed by atoms with Gasteiger partial charge in [-0.1, -0.05) is 18.2 Å². The Morgan fingerprint density at radius 2 is 2.11 bits per heavy atom. The van der Waals surface area contributed by atoms with Crippen molar-refractivity contribution in [2.24, 2.45) is 0 Å². The molecule has 0 saturated heterocycles. The summed E-state index contributed by atoms with van der Waals surface area (Å²) in [5, 5.41) is 3.35. The van der Waals surface area contributed by atoms with E-state index in [-0.39, 0.29) is 0 Å². The monoisotopic (exact) mass is 261 g/mol. The van der Waals surface area contributed by atoms with Crippen LogP contribution in [0.1, 0.15) is 19.4 Å². The van der Waals surface area contributed by atoms with Gasteiger partial charge in [-0.05, 0) is 37.5 Å². The third-order valence-electron chi connectivity index (χ3n) is 2.91. The molecule has 0 aliphatic heterocycles. The van der Waals surface area contributed by atoms with Gasteiger partial charge in [0.25, 0.3) is 0 Å². The van der Waals surface area contributed by atoms with Crippen LogP contribution in [0, 0.1) is 0 Å². The summed E-state index contributed by atoms with van der Waals surface area (Å²) in [6.07, 6.45) is 7.18. The predicted molar refractivity (Wildman–Crippen MR) is 79.7 cm³/mol. The number of hydrogen-bond donors (Lipinski definition) is 1. The Labute approximate surface area is 113 Å². The molecular formula is C14H19N3S. The molecule has 1 heterocycles. The van der Waals surface area contributed by atoms with E-state index in [1.165, 1.54) is 5.75 Å². The fraction of sp³-hybridized carbons (Fsp3) is 0.357. The summed E-state index contributed by atoms with van der Waals surface area (Å²) in [6, 6.07) is 10.6. The van der Waals surface area contributed by atoms with E-state index in [0.717, 1.165) is 18.1 Å². The lowest BCUT2D eigenvalue weighted by molar-refractivity contribution is 0.541. The summed E-state index contributed by atoms with van der Waals surface area (Å²) >= 11 is 1.88. The highest BCUT2D eigenvalue weighted by molar-refractivity contribution is 7.98. The van der Waals surface area contributed by atoms with Crippen molar-refractivity contribution in [3.05, 3.63) is 42.7 Å². The van der Waals surface area contributed by atoms with Gasteiger partial charge in [-0.25, -0.2) is 4.98 Å². The first kappa shape index (κ1) is 13.0. The summed E-state index contributed by atoms with van der Waals surface area (Å²) in [4.78, 5) is 4.39. The Morgan fingerprint density at radius 3 is 2.83 bits per heavy atom. The second-order valence-corrected chi connectivity index (χ2v) is 5.27. The van der Waals surface area contributed by atoms with Gasteiger partial charge in [0.05, 0.1) is 0 Å². The highest BCUT2D eigenvalue weighted by Crippen LogP contribution is 2.21. The van der Waals surface area contributed by atoms with Crippen LogP contribution in [0.3, 0.4) is 0 Å². The first-order valence-corrected chi connectivity index (χ1v) is 7.54. The highest BCUT2D eigenvalue weighted by Gasteiger charge is 2.09. The zero-order valence-corrected chi connectivity index (χ0v) is 11.7. The van der Waals surface area contributed by atoms with E-state index < -0.39 is 0 Å². The maximum Gasteiger partial charge on any atom is 0.207 e. The van der Waals surface area contributed by atoms with Crippen LogP contribution in [-0.2, 0) is 0 Å². The maximum atomic E-state index is 4.39. The number of imidazole rings is 1. The lowest BCUT2D eigenvalue weighted by Gasteiger charge is -2.16. The second-order valence-electron chi connectivity index (χ2n) is 4.28. The Morgan fingerprint density at radius 1 is 1.33 bits per heavy atom. The van der Waals surface area contributed by atoms with Gasteiger partial charge in [-0.3, -0.25) is 0 Å². The summed E-state index contributed by atoms with van der Waals surface area (Å²) < 4.78 is 2.20. The zero-order chi connectivity index (χ0) is 12.8. The van der Waals surface area contributed by atoms with Crippen LogP contribution in [0.25, 0.3) is 0 Å². The summed E-state index contributed by atoms with van der Waals surface area (Å²) in [7, 11) is 0. The number of nitrogens with zero attached hydrogens (tertiary/aromatic N) is 2. The molecule has 0 aliphatic carbocycles. The van der Waals surface area contributed by atoms with Gasteiger partial charge < -0.3 is 9.88 Å². The van der Waals surface area contributed by atoms with E-state index >= 15 is 0 Å². The van der Waals surface area contributed by atoms with Crippen molar-refractivity contribution in [2.45, 2.75) is 19.4 Å². The van der Waals surface area contributed by atoms with Gasteiger partial charge in [0.15, 0.2) is 0 Å². The molecule has 0 aliphatic rings. The first-order valence-electron chi connectivity index (χ1n) is 6.15. The molecule has 0 amide bonds. The number of hydrogen-bond acceptors (Lipinski definition) is 3. The summed E-state index contributed by atoms with van der Waals surface area (Å²) in [5.74, 6) is 2.08. The van der Waals surface area contributed by atoms with E-state index in [9.17, 15) is 0 Å². The summed E-state index contributed by atoms with van der Waals surface area (Å²) in [5.41, 5.74) is 1.07. The molecule has 2 aromatic rings. The molecule has 0 radical (unpaired) electrons. The van der Waals surface area contributed by atoms with Crippen LogP contribution in [0.4, 0.5) is 11.6 Å². The van der Waals surface area contributed by atoms with Gasteiger partial charge in [0.2, 0.25) is 5.95 Å². The molecule has 1 aromatic carbocycles. The Balaban J connectivity index is 2.08. The number of thioether (sulfide) groups is 1. The number of rotatable bonds is 6. The standard InChI is InChI=1S/C14H19N3S/c1-12(8-11-18-2)17-10-9-15-14(17)16-13-6-4-3-5-7-13/h3-7,9-10,12H,8,11H2,1-2H3,(H,15,16). The molecule has 1 atom stereocenters. The fourth-order valence-electron chi connectivity index (χ4n) is 1.84. The molecule has 18 heavy (non-hydrogen) atoms. The molecule has 4 heteroatoms. The van der Waals surface area contributed by atoms with Crippen LogP contribution < -0.4 is 5.32 Å². The normalized spacial score (nSPS) is 12.3. The molecule has 0 fully saturated rings. The minimum absolute atomic E-state index is 0.464. The van der Waals surface area contributed by atoms with Gasteiger partial charge in [-0.15, -0.1) is 0 Å². The smallest absolute Gasteiger partial charge is 0.207 e. The third kappa shape index (κ3) is 3.29. The molecule has 1 unspecified atom stereocenters. The van der Waals surface area contributed by atoms with Gasteiger partial charge in [0, 0.05) is 24.1 Å². The highest BCUT2D eigenvalue weighted by atomic mass is 32.2. The van der Waals surface area contributed by atoms with E-state index in [1.807, 2.05) is 54.5 Å². The van der Waals surface area contributed by atoms with Gasteiger partial charge >= 0.3 is 0 Å². The number of aromatic nitrogens is 2. The van der Waals surface area contributed by atoms with Crippen LogP contribution in [0.2, 0.25) is 0 Å². The molecular weight excluding hydrogens is 242 g/mol. The quantitative estimate of drug-likeness (QED) is 0.854. The topological polar surface area (TPSA) is 29.9 Å². The molecule has 96 valence electrons. The lowest BCUT2D eigenvalue weighted by atomic mass is 10.2. The van der Waals surface area contributed by atoms with E-state index in [4.69, 9.17) is 0 Å². The average Bonchev–Trinajstić information content (AvgIpc) is 2.85. The minimum Gasteiger partial charge on any atom is -0.326 e. The zero-order valence-electron chi connectivity index (χ0n) is 10.8. The van der Waals surface area contributed by atoms with Crippen molar-refractivity contribution in [1.82, 2.24) is 9.55 Å². The van der Waals surface area contributed by atoms with Crippen molar-refractivity contribution >= 4 is 23.4 Å². The van der Waals surface area contributed by atoms with Gasteiger partial charge in [0.1, 0.15) is 0 Å². The maximum absolute atomic E-state index is 4.39. The largest absolute Gasteiger partial charge is 0.326 e. The van der Waals surface area contributed by atoms with Crippen molar-refractivity contribution in [2.75, 3.05) is 17.3 Å². The van der Waals surface area contributed by atoms with Gasteiger partial charge in [-0.2, -0.15) is 11.8 Å². The van der Waals surface area contributed by atoms with Crippen molar-refractivity contribution in [3.8, 4) is 0 Å². The van der Waals surface area contributed by atoms with E-state index in [2.05, 4.69) is 28.0 Å². The van der Waals surface area contributed by atoms with Crippen LogP contribution in [0.15, 0.2) is 42.7 Å². The molecule has 1 N–H and O–H groups in total. The molecule has 3 nitrogen and oxygen atoms in total. The Hall–Kier alpha value is -1.42. The van der Waals surface area contributed by atoms with E-state index in [0.29, 0.717) is 6.04 Å². The fourth-order valence-corrected chi connectivity index (χ4v) is 2.42. The summed E-state index contributed by atoms with van der Waals surface area (Å²) in [6.45, 7) is 2.23. The van der Waals surface area contributed by atoms with E-state index in [1.54, 1.807) is 0 Å². The van der Waals surface area contributed by atoms with Crippen molar-refractivity contribution in [1.29, 1.82) is 0 Å². The number of nitrogens with one attached hydrogen (secondary N) is 1. The van der Waals surface area contributed by atoms with Crippen LogP contribution >= 0.6 is 11.8 Å². The first-order chi connectivity index (χ1) is 8.81. The lowest BCUT2D eigenvalue weighted by Crippen LogP contribution is -2.09. The number of anilines is 2. The molecule has 0 spiro atoms.